The summed E-state index contributed by atoms with van der Waals surface area (Å²) in [4.78, 5) is 18.0. The number of fused-ring (bicyclic) bond motifs is 2. The normalized spacial score (nSPS) is 26.4. The van der Waals surface area contributed by atoms with Gasteiger partial charge in [0.2, 0.25) is 0 Å². The van der Waals surface area contributed by atoms with Crippen LogP contribution in [0.4, 0.5) is 5.13 Å². The monoisotopic (exact) mass is 268 g/mol. The molecule has 2 unspecified atom stereocenters. The molecular weight excluding hydrogens is 252 g/mol. The molecule has 18 heavy (non-hydrogen) atoms. The molecule has 98 valence electrons. The highest BCUT2D eigenvalue weighted by atomic mass is 32.1. The number of carbonyl (C=O) groups excluding carboxylic acids is 1. The first-order valence-corrected chi connectivity index (χ1v) is 7.04. The number of hydrogen-bond donors (Lipinski definition) is 0. The van der Waals surface area contributed by atoms with Gasteiger partial charge in [-0.25, -0.2) is 4.98 Å². The molecule has 3 rings (SSSR count). The predicted octanol–water partition coefficient (Wildman–Crippen LogP) is 1.23. The second-order valence-electron chi connectivity index (χ2n) is 4.74. The van der Waals surface area contributed by atoms with Gasteiger partial charge in [0.05, 0.1) is 31.4 Å². The molecule has 0 aliphatic carbocycles. The maximum atomic E-state index is 11.2. The lowest BCUT2D eigenvalue weighted by molar-refractivity contribution is -0.139. The van der Waals surface area contributed by atoms with Crippen LogP contribution in [0.25, 0.3) is 0 Å². The first-order valence-electron chi connectivity index (χ1n) is 6.16. The molecule has 6 heteroatoms. The van der Waals surface area contributed by atoms with Crippen LogP contribution in [0.15, 0.2) is 5.38 Å². The van der Waals surface area contributed by atoms with Crippen LogP contribution in [0.5, 0.6) is 0 Å². The summed E-state index contributed by atoms with van der Waals surface area (Å²) in [7, 11) is 1.40. The Bertz CT molecular complexity index is 436. The van der Waals surface area contributed by atoms with E-state index in [0.717, 1.165) is 36.8 Å². The van der Waals surface area contributed by atoms with Crippen LogP contribution in [0.1, 0.15) is 18.5 Å². The molecule has 2 fully saturated rings. The van der Waals surface area contributed by atoms with E-state index in [2.05, 4.69) is 14.6 Å². The van der Waals surface area contributed by atoms with Crippen LogP contribution < -0.4 is 4.90 Å². The number of carbonyl (C=O) groups is 1. The predicted molar refractivity (Wildman–Crippen MR) is 67.9 cm³/mol. The van der Waals surface area contributed by atoms with Gasteiger partial charge in [0.1, 0.15) is 0 Å². The summed E-state index contributed by atoms with van der Waals surface area (Å²) >= 11 is 1.59. The van der Waals surface area contributed by atoms with Gasteiger partial charge >= 0.3 is 5.97 Å². The molecule has 2 atom stereocenters. The van der Waals surface area contributed by atoms with Gasteiger partial charge in [-0.1, -0.05) is 0 Å². The third-order valence-corrected chi connectivity index (χ3v) is 4.36. The largest absolute Gasteiger partial charge is 0.469 e. The number of ether oxygens (including phenoxy) is 2. The van der Waals surface area contributed by atoms with Crippen molar-refractivity contribution in [3.8, 4) is 0 Å². The van der Waals surface area contributed by atoms with Crippen LogP contribution in [-0.2, 0) is 20.7 Å². The molecule has 3 heterocycles. The average Bonchev–Trinajstić information content (AvgIpc) is 2.96. The summed E-state index contributed by atoms with van der Waals surface area (Å²) in [5.74, 6) is -0.242. The summed E-state index contributed by atoms with van der Waals surface area (Å²) in [5.41, 5.74) is 0.792. The maximum absolute atomic E-state index is 11.2. The first-order chi connectivity index (χ1) is 8.74. The highest BCUT2D eigenvalue weighted by Gasteiger charge is 2.34. The van der Waals surface area contributed by atoms with Gasteiger partial charge < -0.3 is 14.4 Å². The van der Waals surface area contributed by atoms with Gasteiger partial charge in [-0.2, -0.15) is 0 Å². The fraction of sp³-hybridized carbons (Fsp3) is 0.667. The molecule has 0 amide bonds. The third kappa shape index (κ3) is 2.35. The maximum Gasteiger partial charge on any atom is 0.311 e. The van der Waals surface area contributed by atoms with Crippen LogP contribution >= 0.6 is 11.3 Å². The molecule has 5 nitrogen and oxygen atoms in total. The van der Waals surface area contributed by atoms with E-state index in [1.807, 2.05) is 5.38 Å². The minimum Gasteiger partial charge on any atom is -0.469 e. The zero-order valence-corrected chi connectivity index (χ0v) is 11.1. The minimum atomic E-state index is -0.242. The van der Waals surface area contributed by atoms with E-state index in [0.29, 0.717) is 12.2 Å². The molecule has 1 aromatic rings. The number of nitrogens with zero attached hydrogens (tertiary/aromatic N) is 2. The summed E-state index contributed by atoms with van der Waals surface area (Å²) in [6, 6.07) is 0. The smallest absolute Gasteiger partial charge is 0.311 e. The topological polar surface area (TPSA) is 51.7 Å². The van der Waals surface area contributed by atoms with Crippen molar-refractivity contribution in [2.24, 2.45) is 0 Å². The zero-order valence-electron chi connectivity index (χ0n) is 10.3. The molecule has 2 aliphatic heterocycles. The number of hydrogen-bond acceptors (Lipinski definition) is 6. The van der Waals surface area contributed by atoms with Gasteiger partial charge in [-0.05, 0) is 12.8 Å². The SMILES string of the molecule is COC(=O)Cc1csc(N2CC3CCC(C2)O3)n1. The molecule has 2 bridgehead atoms. The lowest BCUT2D eigenvalue weighted by Gasteiger charge is -2.31. The van der Waals surface area contributed by atoms with Crippen molar-refractivity contribution in [1.29, 1.82) is 0 Å². The highest BCUT2D eigenvalue weighted by Crippen LogP contribution is 2.31. The van der Waals surface area contributed by atoms with Crippen LogP contribution in [-0.4, -0.2) is 43.4 Å². The van der Waals surface area contributed by atoms with E-state index in [1.54, 1.807) is 11.3 Å². The Labute approximate surface area is 110 Å². The minimum absolute atomic E-state index is 0.242. The molecular formula is C12H16N2O3S. The fourth-order valence-electron chi connectivity index (χ4n) is 2.51. The first kappa shape index (κ1) is 11.9. The van der Waals surface area contributed by atoms with Crippen molar-refractivity contribution in [2.45, 2.75) is 31.5 Å². The van der Waals surface area contributed by atoms with Crippen LogP contribution in [0, 0.1) is 0 Å². The number of esters is 1. The van der Waals surface area contributed by atoms with Crippen LogP contribution in [0.2, 0.25) is 0 Å². The summed E-state index contributed by atoms with van der Waals surface area (Å²) in [6.45, 7) is 1.84. The number of rotatable bonds is 3. The van der Waals surface area contributed by atoms with E-state index in [-0.39, 0.29) is 12.4 Å². The summed E-state index contributed by atoms with van der Waals surface area (Å²) < 4.78 is 10.4. The van der Waals surface area contributed by atoms with Crippen LogP contribution in [0.3, 0.4) is 0 Å². The molecule has 0 radical (unpaired) electrons. The number of aromatic nitrogens is 1. The number of thiazole rings is 1. The van der Waals surface area contributed by atoms with Crippen molar-refractivity contribution < 1.29 is 14.3 Å². The Kier molecular flexibility index (Phi) is 3.22. The summed E-state index contributed by atoms with van der Waals surface area (Å²) in [6.07, 6.45) is 3.28. The molecule has 0 saturated carbocycles. The van der Waals surface area contributed by atoms with Gasteiger partial charge in [-0.15, -0.1) is 11.3 Å². The standard InChI is InChI=1S/C12H16N2O3S/c1-16-11(15)4-8-7-18-12(13-8)14-5-9-2-3-10(6-14)17-9/h7,9-10H,2-6H2,1H3. The lowest BCUT2D eigenvalue weighted by atomic mass is 10.2. The molecule has 0 aromatic carbocycles. The molecule has 0 spiro atoms. The van der Waals surface area contributed by atoms with E-state index in [9.17, 15) is 4.79 Å². The highest BCUT2D eigenvalue weighted by molar-refractivity contribution is 7.13. The number of anilines is 1. The van der Waals surface area contributed by atoms with Crippen molar-refractivity contribution in [1.82, 2.24) is 4.98 Å². The quantitative estimate of drug-likeness (QED) is 0.772. The van der Waals surface area contributed by atoms with Crippen molar-refractivity contribution >= 4 is 22.4 Å². The van der Waals surface area contributed by atoms with Crippen molar-refractivity contribution in [3.05, 3.63) is 11.1 Å². The zero-order chi connectivity index (χ0) is 12.5. The Morgan fingerprint density at radius 1 is 1.56 bits per heavy atom. The Hall–Kier alpha value is -1.14. The molecule has 1 aromatic heterocycles. The fourth-order valence-corrected chi connectivity index (χ4v) is 3.36. The van der Waals surface area contributed by atoms with Crippen molar-refractivity contribution in [2.75, 3.05) is 25.1 Å². The molecule has 0 N–H and O–H groups in total. The number of morpholine rings is 1. The average molecular weight is 268 g/mol. The van der Waals surface area contributed by atoms with Gasteiger partial charge in [0, 0.05) is 18.5 Å². The second-order valence-corrected chi connectivity index (χ2v) is 5.57. The third-order valence-electron chi connectivity index (χ3n) is 3.41. The number of methoxy groups -OCH3 is 1. The summed E-state index contributed by atoms with van der Waals surface area (Å²) in [5, 5.41) is 2.93. The van der Waals surface area contributed by atoms with Gasteiger partial charge in [0.15, 0.2) is 5.13 Å². The van der Waals surface area contributed by atoms with E-state index in [1.165, 1.54) is 7.11 Å². The van der Waals surface area contributed by atoms with E-state index < -0.39 is 0 Å². The molecule has 2 saturated heterocycles. The second kappa shape index (κ2) is 4.85. The van der Waals surface area contributed by atoms with Gasteiger partial charge in [0.25, 0.3) is 0 Å². The molecule has 2 aliphatic rings. The van der Waals surface area contributed by atoms with E-state index >= 15 is 0 Å². The lowest BCUT2D eigenvalue weighted by Crippen LogP contribution is -2.42. The Morgan fingerprint density at radius 3 is 2.94 bits per heavy atom. The van der Waals surface area contributed by atoms with Crippen molar-refractivity contribution in [3.63, 3.8) is 0 Å². The Morgan fingerprint density at radius 2 is 2.28 bits per heavy atom. The van der Waals surface area contributed by atoms with E-state index in [4.69, 9.17) is 4.74 Å². The Balaban J connectivity index is 1.67. The van der Waals surface area contributed by atoms with Gasteiger partial charge in [-0.3, -0.25) is 4.79 Å².